The molecule has 0 aromatic heterocycles. The normalized spacial score (nSPS) is 10.2. The van der Waals surface area contributed by atoms with E-state index in [1.54, 1.807) is 6.07 Å². The van der Waals surface area contributed by atoms with E-state index in [2.05, 4.69) is 42.7 Å². The molecule has 2 rings (SSSR count). The Balaban J connectivity index is 2.07. The van der Waals surface area contributed by atoms with Gasteiger partial charge < -0.3 is 15.7 Å². The van der Waals surface area contributed by atoms with Crippen LogP contribution in [0.5, 0.6) is 0 Å². The average molecular weight is 284 g/mol. The van der Waals surface area contributed by atoms with Crippen LogP contribution in [-0.2, 0) is 11.3 Å². The second-order valence-corrected chi connectivity index (χ2v) is 5.01. The van der Waals surface area contributed by atoms with E-state index in [1.807, 2.05) is 18.2 Å². The highest BCUT2D eigenvalue weighted by Crippen LogP contribution is 2.18. The summed E-state index contributed by atoms with van der Waals surface area (Å²) < 4.78 is 0. The number of rotatable bonds is 5. The highest BCUT2D eigenvalue weighted by atomic mass is 16.3. The second-order valence-electron chi connectivity index (χ2n) is 5.01. The summed E-state index contributed by atoms with van der Waals surface area (Å²) in [6.45, 7) is 4.42. The number of anilines is 2. The predicted molar refractivity (Wildman–Crippen MR) is 85.4 cm³/mol. The number of aliphatic hydroxyl groups is 1. The zero-order valence-electron chi connectivity index (χ0n) is 12.3. The van der Waals surface area contributed by atoms with Gasteiger partial charge in [-0.1, -0.05) is 24.3 Å². The van der Waals surface area contributed by atoms with E-state index in [0.29, 0.717) is 5.69 Å². The fourth-order valence-corrected chi connectivity index (χ4v) is 2.23. The van der Waals surface area contributed by atoms with Crippen LogP contribution in [0.1, 0.15) is 16.7 Å². The smallest absolute Gasteiger partial charge is 0.250 e. The fourth-order valence-electron chi connectivity index (χ4n) is 2.23. The third kappa shape index (κ3) is 4.07. The molecule has 3 N–H and O–H groups in total. The highest BCUT2D eigenvalue weighted by molar-refractivity contribution is 5.91. The molecule has 0 unspecified atom stereocenters. The van der Waals surface area contributed by atoms with Gasteiger partial charge in [-0.15, -0.1) is 0 Å². The summed E-state index contributed by atoms with van der Waals surface area (Å²) in [4.78, 5) is 11.2. The number of carbonyl (C=O) groups is 1. The maximum atomic E-state index is 11.2. The summed E-state index contributed by atoms with van der Waals surface area (Å²) in [6, 6.07) is 13.7. The van der Waals surface area contributed by atoms with Crippen molar-refractivity contribution < 1.29 is 9.90 Å². The van der Waals surface area contributed by atoms with E-state index in [4.69, 9.17) is 5.11 Å². The topological polar surface area (TPSA) is 61.4 Å². The van der Waals surface area contributed by atoms with E-state index >= 15 is 0 Å². The van der Waals surface area contributed by atoms with Crippen molar-refractivity contribution in [2.45, 2.75) is 20.4 Å². The van der Waals surface area contributed by atoms with Crippen molar-refractivity contribution in [3.8, 4) is 0 Å². The van der Waals surface area contributed by atoms with Gasteiger partial charge in [0.1, 0.15) is 6.61 Å². The third-order valence-corrected chi connectivity index (χ3v) is 3.40. The van der Waals surface area contributed by atoms with Gasteiger partial charge in [0.25, 0.3) is 0 Å². The average Bonchev–Trinajstić information content (AvgIpc) is 2.47. The second kappa shape index (κ2) is 6.90. The quantitative estimate of drug-likeness (QED) is 0.791. The summed E-state index contributed by atoms with van der Waals surface area (Å²) in [7, 11) is 0. The zero-order valence-corrected chi connectivity index (χ0v) is 12.3. The molecule has 0 aliphatic carbocycles. The van der Waals surface area contributed by atoms with E-state index in [1.165, 1.54) is 16.7 Å². The van der Waals surface area contributed by atoms with E-state index < -0.39 is 12.5 Å². The Kier molecular flexibility index (Phi) is 4.95. The van der Waals surface area contributed by atoms with E-state index in [-0.39, 0.29) is 0 Å². The Bertz CT molecular complexity index is 618. The van der Waals surface area contributed by atoms with Gasteiger partial charge in [0.2, 0.25) is 5.91 Å². The summed E-state index contributed by atoms with van der Waals surface area (Å²) in [5.74, 6) is -0.415. The summed E-state index contributed by atoms with van der Waals surface area (Å²) in [6.07, 6.45) is 0. The van der Waals surface area contributed by atoms with Crippen LogP contribution >= 0.6 is 0 Å². The van der Waals surface area contributed by atoms with Crippen LogP contribution in [0.15, 0.2) is 42.5 Å². The standard InChI is InChI=1S/C17H20N2O2/c1-12-5-3-6-13(2)16(12)10-18-14-7-4-8-15(9-14)19-17(21)11-20/h3-9,18,20H,10-11H2,1-2H3,(H,19,21). The molecule has 0 aliphatic rings. The van der Waals surface area contributed by atoms with Crippen LogP contribution in [0.4, 0.5) is 11.4 Å². The van der Waals surface area contributed by atoms with Crippen LogP contribution in [-0.4, -0.2) is 17.6 Å². The number of aryl methyl sites for hydroxylation is 2. The number of hydrogen-bond acceptors (Lipinski definition) is 3. The minimum absolute atomic E-state index is 0.415. The molecule has 0 aliphatic heterocycles. The van der Waals surface area contributed by atoms with Gasteiger partial charge in [0.05, 0.1) is 0 Å². The minimum atomic E-state index is -0.514. The molecule has 0 radical (unpaired) electrons. The van der Waals surface area contributed by atoms with Crippen molar-refractivity contribution in [2.24, 2.45) is 0 Å². The summed E-state index contributed by atoms with van der Waals surface area (Å²) in [5.41, 5.74) is 5.38. The molecule has 0 bridgehead atoms. The summed E-state index contributed by atoms with van der Waals surface area (Å²) >= 11 is 0. The van der Waals surface area contributed by atoms with Crippen molar-refractivity contribution in [3.05, 3.63) is 59.2 Å². The first-order valence-corrected chi connectivity index (χ1v) is 6.90. The molecule has 0 spiro atoms. The number of benzene rings is 2. The Morgan fingerprint density at radius 1 is 1.05 bits per heavy atom. The number of amides is 1. The van der Waals surface area contributed by atoms with Crippen molar-refractivity contribution in [1.29, 1.82) is 0 Å². The van der Waals surface area contributed by atoms with Crippen LogP contribution < -0.4 is 10.6 Å². The van der Waals surface area contributed by atoms with Crippen molar-refractivity contribution in [1.82, 2.24) is 0 Å². The Morgan fingerprint density at radius 2 is 1.67 bits per heavy atom. The maximum absolute atomic E-state index is 11.2. The molecule has 1 amide bonds. The van der Waals surface area contributed by atoms with Crippen molar-refractivity contribution in [3.63, 3.8) is 0 Å². The van der Waals surface area contributed by atoms with Crippen LogP contribution in [0, 0.1) is 13.8 Å². The monoisotopic (exact) mass is 284 g/mol. The molecule has 2 aromatic carbocycles. The van der Waals surface area contributed by atoms with Gasteiger partial charge in [-0.2, -0.15) is 0 Å². The number of nitrogens with one attached hydrogen (secondary N) is 2. The maximum Gasteiger partial charge on any atom is 0.250 e. The third-order valence-electron chi connectivity index (χ3n) is 3.40. The van der Waals surface area contributed by atoms with E-state index in [0.717, 1.165) is 12.2 Å². The molecule has 4 nitrogen and oxygen atoms in total. The van der Waals surface area contributed by atoms with Gasteiger partial charge >= 0.3 is 0 Å². The van der Waals surface area contributed by atoms with Gasteiger partial charge in [-0.25, -0.2) is 0 Å². The molecule has 0 heterocycles. The molecule has 21 heavy (non-hydrogen) atoms. The Hall–Kier alpha value is -2.33. The number of aliphatic hydroxyl groups excluding tert-OH is 1. The molecule has 2 aromatic rings. The van der Waals surface area contributed by atoms with Gasteiger partial charge in [0, 0.05) is 17.9 Å². The Labute approximate surface area is 124 Å². The molecular formula is C17H20N2O2. The molecule has 0 saturated heterocycles. The summed E-state index contributed by atoms with van der Waals surface area (Å²) in [5, 5.41) is 14.7. The van der Waals surface area contributed by atoms with Gasteiger partial charge in [-0.3, -0.25) is 4.79 Å². The van der Waals surface area contributed by atoms with Crippen LogP contribution in [0.25, 0.3) is 0 Å². The van der Waals surface area contributed by atoms with Crippen LogP contribution in [0.2, 0.25) is 0 Å². The fraction of sp³-hybridized carbons (Fsp3) is 0.235. The molecule has 0 fully saturated rings. The lowest BCUT2D eigenvalue weighted by Gasteiger charge is -2.13. The van der Waals surface area contributed by atoms with E-state index in [9.17, 15) is 4.79 Å². The molecule has 0 saturated carbocycles. The van der Waals surface area contributed by atoms with Crippen molar-refractivity contribution >= 4 is 17.3 Å². The van der Waals surface area contributed by atoms with Crippen LogP contribution in [0.3, 0.4) is 0 Å². The van der Waals surface area contributed by atoms with Crippen molar-refractivity contribution in [2.75, 3.05) is 17.2 Å². The SMILES string of the molecule is Cc1cccc(C)c1CNc1cccc(NC(=O)CO)c1. The highest BCUT2D eigenvalue weighted by Gasteiger charge is 2.03. The lowest BCUT2D eigenvalue weighted by Crippen LogP contribution is -2.15. The predicted octanol–water partition coefficient (Wildman–Crippen LogP) is 2.85. The minimum Gasteiger partial charge on any atom is -0.387 e. The molecule has 110 valence electrons. The Morgan fingerprint density at radius 3 is 2.33 bits per heavy atom. The zero-order chi connectivity index (χ0) is 15.2. The lowest BCUT2D eigenvalue weighted by molar-refractivity contribution is -0.118. The van der Waals surface area contributed by atoms with Gasteiger partial charge in [0.15, 0.2) is 0 Å². The first-order valence-electron chi connectivity index (χ1n) is 6.90. The largest absolute Gasteiger partial charge is 0.387 e. The first-order chi connectivity index (χ1) is 10.1. The van der Waals surface area contributed by atoms with Gasteiger partial charge in [-0.05, 0) is 48.7 Å². The molecule has 4 heteroatoms. The lowest BCUT2D eigenvalue weighted by atomic mass is 10.0. The molecule has 0 atom stereocenters. The first kappa shape index (κ1) is 15.1. The number of hydrogen-bond donors (Lipinski definition) is 3. The molecular weight excluding hydrogens is 264 g/mol. The number of carbonyl (C=O) groups excluding carboxylic acids is 1.